The summed E-state index contributed by atoms with van der Waals surface area (Å²) >= 11 is 5.72. The fourth-order valence-corrected chi connectivity index (χ4v) is 1.69. The molecule has 0 aliphatic heterocycles. The zero-order valence-electron chi connectivity index (χ0n) is 7.53. The number of carbonyl (C=O) groups is 1. The van der Waals surface area contributed by atoms with E-state index in [0.717, 1.165) is 18.5 Å². The van der Waals surface area contributed by atoms with Crippen LogP contribution in [-0.4, -0.2) is 16.1 Å². The number of hydrogen-bond acceptors (Lipinski definition) is 2. The summed E-state index contributed by atoms with van der Waals surface area (Å²) in [6.45, 7) is 0. The lowest BCUT2D eigenvalue weighted by Gasteiger charge is -2.08. The van der Waals surface area contributed by atoms with Crippen LogP contribution in [0.15, 0.2) is 18.2 Å². The Morgan fingerprint density at radius 3 is 2.79 bits per heavy atom. The average molecular weight is 212 g/mol. The first kappa shape index (κ1) is 9.46. The number of aliphatic carboxylic acids is 1. The van der Waals surface area contributed by atoms with Gasteiger partial charge in [-0.25, -0.2) is 4.98 Å². The number of hydrogen-bond donors (Lipinski definition) is 1. The van der Waals surface area contributed by atoms with E-state index >= 15 is 0 Å². The Kier molecular flexibility index (Phi) is 2.19. The SMILES string of the molecule is O=C(O)C1(Cc2cccc(Cl)n2)CC1. The molecule has 0 spiro atoms. The van der Waals surface area contributed by atoms with Crippen LogP contribution in [0.4, 0.5) is 0 Å². The molecular weight excluding hydrogens is 202 g/mol. The van der Waals surface area contributed by atoms with E-state index in [1.54, 1.807) is 12.1 Å². The molecule has 1 fully saturated rings. The molecule has 1 aromatic heterocycles. The molecule has 0 saturated heterocycles. The molecule has 0 amide bonds. The zero-order valence-corrected chi connectivity index (χ0v) is 8.29. The number of aromatic nitrogens is 1. The molecule has 1 aromatic rings. The summed E-state index contributed by atoms with van der Waals surface area (Å²) < 4.78 is 0. The van der Waals surface area contributed by atoms with E-state index in [9.17, 15) is 4.79 Å². The average Bonchev–Trinajstić information content (AvgIpc) is 2.85. The van der Waals surface area contributed by atoms with Crippen molar-refractivity contribution in [1.29, 1.82) is 0 Å². The number of rotatable bonds is 3. The first-order valence-electron chi connectivity index (χ1n) is 4.47. The van der Waals surface area contributed by atoms with Crippen molar-refractivity contribution in [2.45, 2.75) is 19.3 Å². The third-order valence-electron chi connectivity index (χ3n) is 2.60. The number of halogens is 1. The monoisotopic (exact) mass is 211 g/mol. The third-order valence-corrected chi connectivity index (χ3v) is 2.81. The predicted molar refractivity (Wildman–Crippen MR) is 52.3 cm³/mol. The first-order valence-corrected chi connectivity index (χ1v) is 4.85. The van der Waals surface area contributed by atoms with Gasteiger partial charge in [-0.15, -0.1) is 0 Å². The van der Waals surface area contributed by atoms with Crippen molar-refractivity contribution >= 4 is 17.6 Å². The standard InChI is InChI=1S/C10H10ClNO2/c11-8-3-1-2-7(12-8)6-10(4-5-10)9(13)14/h1-3H,4-6H2,(H,13,14). The van der Waals surface area contributed by atoms with Gasteiger partial charge in [-0.3, -0.25) is 4.79 Å². The Bertz CT molecular complexity index is 374. The Morgan fingerprint density at radius 2 is 2.29 bits per heavy atom. The summed E-state index contributed by atoms with van der Waals surface area (Å²) in [4.78, 5) is 15.0. The van der Waals surface area contributed by atoms with E-state index in [1.807, 2.05) is 6.07 Å². The highest BCUT2D eigenvalue weighted by Crippen LogP contribution is 2.48. The summed E-state index contributed by atoms with van der Waals surface area (Å²) in [7, 11) is 0. The summed E-state index contributed by atoms with van der Waals surface area (Å²) in [5.74, 6) is -0.723. The second kappa shape index (κ2) is 3.24. The van der Waals surface area contributed by atoms with E-state index in [4.69, 9.17) is 16.7 Å². The van der Waals surface area contributed by atoms with E-state index in [2.05, 4.69) is 4.98 Å². The van der Waals surface area contributed by atoms with Crippen LogP contribution in [0.1, 0.15) is 18.5 Å². The van der Waals surface area contributed by atoms with Gasteiger partial charge >= 0.3 is 5.97 Å². The molecule has 0 atom stereocenters. The normalized spacial score (nSPS) is 17.8. The molecule has 4 heteroatoms. The fourth-order valence-electron chi connectivity index (χ4n) is 1.51. The van der Waals surface area contributed by atoms with Crippen LogP contribution < -0.4 is 0 Å². The van der Waals surface area contributed by atoms with Crippen LogP contribution in [0.25, 0.3) is 0 Å². The van der Waals surface area contributed by atoms with Crippen LogP contribution in [0, 0.1) is 5.41 Å². The maximum absolute atomic E-state index is 10.9. The van der Waals surface area contributed by atoms with Gasteiger partial charge in [-0.1, -0.05) is 17.7 Å². The van der Waals surface area contributed by atoms with Gasteiger partial charge < -0.3 is 5.11 Å². The van der Waals surface area contributed by atoms with Crippen molar-refractivity contribution in [1.82, 2.24) is 4.98 Å². The van der Waals surface area contributed by atoms with Gasteiger partial charge in [-0.05, 0) is 25.0 Å². The van der Waals surface area contributed by atoms with Crippen LogP contribution in [0.3, 0.4) is 0 Å². The van der Waals surface area contributed by atoms with Crippen LogP contribution in [0.5, 0.6) is 0 Å². The molecule has 1 saturated carbocycles. The lowest BCUT2D eigenvalue weighted by Crippen LogP contribution is -2.18. The number of nitrogens with zero attached hydrogens (tertiary/aromatic N) is 1. The quantitative estimate of drug-likeness (QED) is 0.780. The summed E-state index contributed by atoms with van der Waals surface area (Å²) in [6.07, 6.45) is 1.98. The molecule has 1 heterocycles. The molecule has 0 radical (unpaired) electrons. The smallest absolute Gasteiger partial charge is 0.310 e. The Labute approximate surface area is 86.7 Å². The first-order chi connectivity index (χ1) is 6.62. The lowest BCUT2D eigenvalue weighted by atomic mass is 10.0. The lowest BCUT2D eigenvalue weighted by molar-refractivity contribution is -0.143. The van der Waals surface area contributed by atoms with Crippen molar-refractivity contribution < 1.29 is 9.90 Å². The maximum atomic E-state index is 10.9. The van der Waals surface area contributed by atoms with Gasteiger partial charge in [0.2, 0.25) is 0 Å². The Hall–Kier alpha value is -1.09. The maximum Gasteiger partial charge on any atom is 0.310 e. The minimum absolute atomic E-state index is 0.420. The molecule has 3 nitrogen and oxygen atoms in total. The summed E-state index contributed by atoms with van der Waals surface area (Å²) in [5.41, 5.74) is 0.204. The van der Waals surface area contributed by atoms with Crippen molar-refractivity contribution in [2.75, 3.05) is 0 Å². The third kappa shape index (κ3) is 1.73. The van der Waals surface area contributed by atoms with E-state index < -0.39 is 11.4 Å². The minimum atomic E-state index is -0.723. The van der Waals surface area contributed by atoms with Gasteiger partial charge in [0.05, 0.1) is 5.41 Å². The van der Waals surface area contributed by atoms with Gasteiger partial charge in [0, 0.05) is 12.1 Å². The largest absolute Gasteiger partial charge is 0.481 e. The molecule has 14 heavy (non-hydrogen) atoms. The van der Waals surface area contributed by atoms with E-state index in [1.165, 1.54) is 0 Å². The highest BCUT2D eigenvalue weighted by atomic mass is 35.5. The van der Waals surface area contributed by atoms with Crippen LogP contribution in [0.2, 0.25) is 5.15 Å². The highest BCUT2D eigenvalue weighted by molar-refractivity contribution is 6.29. The summed E-state index contributed by atoms with van der Waals surface area (Å²) in [6, 6.07) is 5.29. The zero-order chi connectivity index (χ0) is 10.2. The molecule has 2 rings (SSSR count). The van der Waals surface area contributed by atoms with E-state index in [0.29, 0.717) is 11.6 Å². The number of carboxylic acids is 1. The minimum Gasteiger partial charge on any atom is -0.481 e. The molecule has 1 N–H and O–H groups in total. The summed E-state index contributed by atoms with van der Waals surface area (Å²) in [5, 5.41) is 9.39. The van der Waals surface area contributed by atoms with Gasteiger partial charge in [0.15, 0.2) is 0 Å². The van der Waals surface area contributed by atoms with Gasteiger partial charge in [-0.2, -0.15) is 0 Å². The second-order valence-corrected chi connectivity index (χ2v) is 4.10. The van der Waals surface area contributed by atoms with Crippen molar-refractivity contribution in [3.8, 4) is 0 Å². The van der Waals surface area contributed by atoms with Crippen LogP contribution in [-0.2, 0) is 11.2 Å². The van der Waals surface area contributed by atoms with Crippen molar-refractivity contribution in [3.05, 3.63) is 29.0 Å². The Morgan fingerprint density at radius 1 is 1.57 bits per heavy atom. The molecule has 0 aromatic carbocycles. The predicted octanol–water partition coefficient (Wildman–Crippen LogP) is 2.14. The topological polar surface area (TPSA) is 50.2 Å². The van der Waals surface area contributed by atoms with Gasteiger partial charge in [0.1, 0.15) is 5.15 Å². The number of carboxylic acid groups (broad SMARTS) is 1. The van der Waals surface area contributed by atoms with E-state index in [-0.39, 0.29) is 0 Å². The molecule has 0 bridgehead atoms. The Balaban J connectivity index is 2.15. The molecule has 1 aliphatic rings. The molecule has 1 aliphatic carbocycles. The van der Waals surface area contributed by atoms with Crippen molar-refractivity contribution in [3.63, 3.8) is 0 Å². The fraction of sp³-hybridized carbons (Fsp3) is 0.400. The molecule has 74 valence electrons. The second-order valence-electron chi connectivity index (χ2n) is 3.71. The number of pyridine rings is 1. The molecule has 0 unspecified atom stereocenters. The highest BCUT2D eigenvalue weighted by Gasteiger charge is 2.50. The van der Waals surface area contributed by atoms with Gasteiger partial charge in [0.25, 0.3) is 0 Å². The van der Waals surface area contributed by atoms with Crippen LogP contribution >= 0.6 is 11.6 Å². The van der Waals surface area contributed by atoms with Crippen molar-refractivity contribution in [2.24, 2.45) is 5.41 Å². The molecular formula is C10H10ClNO2.